The quantitative estimate of drug-likeness (QED) is 0.581. The second kappa shape index (κ2) is 9.75. The summed E-state index contributed by atoms with van der Waals surface area (Å²) in [4.78, 5) is 21.6. The number of carbonyl (C=O) groups excluding carboxylic acids is 1. The standard InChI is InChI=1S/C24H28N4O3/c1-27(15-18-7-4-3-5-8-18)24(29)20-9-6-14-28(16-20)17-22-25-23(26-31-22)19-10-12-21(30-2)13-11-19/h3-5,7-8,10-13,20H,6,9,14-17H2,1-2H3. The second-order valence-electron chi connectivity index (χ2n) is 7.99. The Kier molecular flexibility index (Phi) is 6.62. The van der Waals surface area contributed by atoms with Gasteiger partial charge < -0.3 is 14.2 Å². The third-order valence-corrected chi connectivity index (χ3v) is 5.67. The lowest BCUT2D eigenvalue weighted by Crippen LogP contribution is -2.43. The summed E-state index contributed by atoms with van der Waals surface area (Å²) in [6.07, 6.45) is 1.89. The maximum Gasteiger partial charge on any atom is 0.241 e. The average molecular weight is 421 g/mol. The first-order chi connectivity index (χ1) is 15.1. The minimum atomic E-state index is -0.00792. The topological polar surface area (TPSA) is 71.7 Å². The molecule has 162 valence electrons. The van der Waals surface area contributed by atoms with Crippen LogP contribution in [0.25, 0.3) is 11.4 Å². The van der Waals surface area contributed by atoms with Crippen LogP contribution < -0.4 is 4.74 Å². The van der Waals surface area contributed by atoms with E-state index < -0.39 is 0 Å². The Morgan fingerprint density at radius 3 is 2.71 bits per heavy atom. The van der Waals surface area contributed by atoms with Crippen molar-refractivity contribution in [3.8, 4) is 17.1 Å². The summed E-state index contributed by atoms with van der Waals surface area (Å²) < 4.78 is 10.7. The van der Waals surface area contributed by atoms with Gasteiger partial charge in [-0.05, 0) is 49.2 Å². The molecule has 1 unspecified atom stereocenters. The lowest BCUT2D eigenvalue weighted by atomic mass is 9.96. The molecule has 4 rings (SSSR count). The monoisotopic (exact) mass is 420 g/mol. The number of nitrogens with zero attached hydrogens (tertiary/aromatic N) is 4. The van der Waals surface area contributed by atoms with E-state index in [0.717, 1.165) is 36.3 Å². The number of aromatic nitrogens is 2. The molecule has 1 saturated heterocycles. The molecule has 0 spiro atoms. The average Bonchev–Trinajstić information content (AvgIpc) is 3.28. The highest BCUT2D eigenvalue weighted by Crippen LogP contribution is 2.23. The van der Waals surface area contributed by atoms with Gasteiger partial charge >= 0.3 is 0 Å². The zero-order valence-electron chi connectivity index (χ0n) is 18.0. The summed E-state index contributed by atoms with van der Waals surface area (Å²) in [7, 11) is 3.52. The van der Waals surface area contributed by atoms with E-state index in [1.165, 1.54) is 0 Å². The number of hydrogen-bond acceptors (Lipinski definition) is 6. The van der Waals surface area contributed by atoms with Crippen LogP contribution in [0.1, 0.15) is 24.3 Å². The zero-order valence-corrected chi connectivity index (χ0v) is 18.0. The molecule has 1 aromatic heterocycles. The normalized spacial score (nSPS) is 16.8. The van der Waals surface area contributed by atoms with E-state index >= 15 is 0 Å². The van der Waals surface area contributed by atoms with Crippen LogP contribution in [0.3, 0.4) is 0 Å². The highest BCUT2D eigenvalue weighted by atomic mass is 16.5. The minimum Gasteiger partial charge on any atom is -0.497 e. The lowest BCUT2D eigenvalue weighted by Gasteiger charge is -2.33. The molecular weight excluding hydrogens is 392 g/mol. The number of hydrogen-bond donors (Lipinski definition) is 0. The molecular formula is C24H28N4O3. The molecule has 1 aliphatic heterocycles. The number of ether oxygens (including phenoxy) is 1. The molecule has 7 heteroatoms. The highest BCUT2D eigenvalue weighted by molar-refractivity contribution is 5.79. The molecule has 0 aliphatic carbocycles. The Bertz CT molecular complexity index is 988. The first-order valence-corrected chi connectivity index (χ1v) is 10.6. The van der Waals surface area contributed by atoms with Gasteiger partial charge in [0.15, 0.2) is 0 Å². The van der Waals surface area contributed by atoms with E-state index in [0.29, 0.717) is 31.3 Å². The van der Waals surface area contributed by atoms with Crippen LogP contribution in [0.2, 0.25) is 0 Å². The molecule has 2 aromatic carbocycles. The van der Waals surface area contributed by atoms with Crippen LogP contribution in [-0.2, 0) is 17.9 Å². The Morgan fingerprint density at radius 1 is 1.19 bits per heavy atom. The van der Waals surface area contributed by atoms with Crippen molar-refractivity contribution >= 4 is 5.91 Å². The largest absolute Gasteiger partial charge is 0.497 e. The fraction of sp³-hybridized carbons (Fsp3) is 0.375. The molecule has 1 aliphatic rings. The predicted molar refractivity (Wildman–Crippen MR) is 117 cm³/mol. The number of benzene rings is 2. The smallest absolute Gasteiger partial charge is 0.241 e. The fourth-order valence-corrected chi connectivity index (χ4v) is 4.02. The molecule has 1 atom stereocenters. The second-order valence-corrected chi connectivity index (χ2v) is 7.99. The number of carbonyl (C=O) groups is 1. The van der Waals surface area contributed by atoms with E-state index in [1.54, 1.807) is 7.11 Å². The maximum absolute atomic E-state index is 13.0. The number of amides is 1. The van der Waals surface area contributed by atoms with Gasteiger partial charge in [0.05, 0.1) is 19.6 Å². The van der Waals surface area contributed by atoms with Gasteiger partial charge in [-0.2, -0.15) is 4.98 Å². The molecule has 1 amide bonds. The van der Waals surface area contributed by atoms with Gasteiger partial charge in [0, 0.05) is 25.7 Å². The van der Waals surface area contributed by atoms with E-state index in [2.05, 4.69) is 15.0 Å². The van der Waals surface area contributed by atoms with E-state index in [1.807, 2.05) is 66.5 Å². The van der Waals surface area contributed by atoms with Crippen LogP contribution >= 0.6 is 0 Å². The van der Waals surface area contributed by atoms with Crippen molar-refractivity contribution in [2.24, 2.45) is 5.92 Å². The SMILES string of the molecule is COc1ccc(-c2noc(CN3CCCC(C(=O)N(C)Cc4ccccc4)C3)n2)cc1. The van der Waals surface area contributed by atoms with Gasteiger partial charge in [-0.1, -0.05) is 35.5 Å². The summed E-state index contributed by atoms with van der Waals surface area (Å²) in [6, 6.07) is 17.6. The van der Waals surface area contributed by atoms with Gasteiger partial charge in [-0.15, -0.1) is 0 Å². The summed E-state index contributed by atoms with van der Waals surface area (Å²) in [5.41, 5.74) is 2.02. The van der Waals surface area contributed by atoms with Gasteiger partial charge in [-0.3, -0.25) is 9.69 Å². The van der Waals surface area contributed by atoms with Crippen molar-refractivity contribution in [2.75, 3.05) is 27.2 Å². The highest BCUT2D eigenvalue weighted by Gasteiger charge is 2.29. The number of piperidine rings is 1. The first-order valence-electron chi connectivity index (χ1n) is 10.6. The van der Waals surface area contributed by atoms with E-state index in [4.69, 9.17) is 9.26 Å². The maximum atomic E-state index is 13.0. The summed E-state index contributed by atoms with van der Waals surface area (Å²) in [5.74, 6) is 2.10. The lowest BCUT2D eigenvalue weighted by molar-refractivity contribution is -0.136. The zero-order chi connectivity index (χ0) is 21.6. The van der Waals surface area contributed by atoms with Crippen molar-refractivity contribution in [1.29, 1.82) is 0 Å². The predicted octanol–water partition coefficient (Wildman–Crippen LogP) is 3.62. The van der Waals surface area contributed by atoms with Crippen LogP contribution in [0.5, 0.6) is 5.75 Å². The molecule has 7 nitrogen and oxygen atoms in total. The molecule has 0 saturated carbocycles. The van der Waals surface area contributed by atoms with Crippen molar-refractivity contribution < 1.29 is 14.1 Å². The molecule has 1 fully saturated rings. The molecule has 0 N–H and O–H groups in total. The Morgan fingerprint density at radius 2 is 1.97 bits per heavy atom. The van der Waals surface area contributed by atoms with Crippen LogP contribution in [0, 0.1) is 5.92 Å². The Balaban J connectivity index is 1.34. The van der Waals surface area contributed by atoms with Gasteiger partial charge in [0.1, 0.15) is 5.75 Å². The Labute approximate surface area is 182 Å². The van der Waals surface area contributed by atoms with Crippen molar-refractivity contribution in [3.05, 3.63) is 66.1 Å². The van der Waals surface area contributed by atoms with Crippen molar-refractivity contribution in [2.45, 2.75) is 25.9 Å². The van der Waals surface area contributed by atoms with Crippen molar-refractivity contribution in [1.82, 2.24) is 19.9 Å². The van der Waals surface area contributed by atoms with Crippen molar-refractivity contribution in [3.63, 3.8) is 0 Å². The molecule has 0 radical (unpaired) electrons. The third kappa shape index (κ3) is 5.30. The van der Waals surface area contributed by atoms with Gasteiger partial charge in [-0.25, -0.2) is 0 Å². The summed E-state index contributed by atoms with van der Waals surface area (Å²) >= 11 is 0. The number of rotatable bonds is 7. The molecule has 31 heavy (non-hydrogen) atoms. The third-order valence-electron chi connectivity index (χ3n) is 5.67. The van der Waals surface area contributed by atoms with Gasteiger partial charge in [0.2, 0.25) is 17.6 Å². The molecule has 0 bridgehead atoms. The van der Waals surface area contributed by atoms with E-state index in [9.17, 15) is 4.79 Å². The van der Waals surface area contributed by atoms with Gasteiger partial charge in [0.25, 0.3) is 0 Å². The number of methoxy groups -OCH3 is 1. The fourth-order valence-electron chi connectivity index (χ4n) is 4.02. The summed E-state index contributed by atoms with van der Waals surface area (Å²) in [6.45, 7) is 2.81. The Hall–Kier alpha value is -3.19. The molecule has 3 aromatic rings. The number of likely N-dealkylation sites (tertiary alicyclic amines) is 1. The van der Waals surface area contributed by atoms with Crippen LogP contribution in [0.4, 0.5) is 0 Å². The minimum absolute atomic E-state index is 0.00792. The summed E-state index contributed by atoms with van der Waals surface area (Å²) in [5, 5.41) is 4.11. The van der Waals surface area contributed by atoms with Crippen LogP contribution in [0.15, 0.2) is 59.1 Å². The van der Waals surface area contributed by atoms with E-state index in [-0.39, 0.29) is 11.8 Å². The van der Waals surface area contributed by atoms with Crippen LogP contribution in [-0.4, -0.2) is 53.1 Å². The first kappa shape index (κ1) is 21.1. The molecule has 2 heterocycles.